The molecule has 6 aromatic rings. The number of hydrogen-bond donors (Lipinski definition) is 0. The molecular formula is C75H68O33. The summed E-state index contributed by atoms with van der Waals surface area (Å²) < 4.78 is 109. The van der Waals surface area contributed by atoms with Crippen molar-refractivity contribution in [2.24, 2.45) is 0 Å². The van der Waals surface area contributed by atoms with Crippen molar-refractivity contribution in [2.45, 2.75) is 159 Å². The molecule has 0 aliphatic carbocycles. The van der Waals surface area contributed by atoms with E-state index in [9.17, 15) is 71.9 Å². The van der Waals surface area contributed by atoms with Gasteiger partial charge in [-0.15, -0.1) is 0 Å². The lowest BCUT2D eigenvalue weighted by Crippen LogP contribution is -2.41. The van der Waals surface area contributed by atoms with Gasteiger partial charge in [-0.2, -0.15) is 0 Å². The molecule has 566 valence electrons. The van der Waals surface area contributed by atoms with Crippen LogP contribution in [0.15, 0.2) is 78.9 Å². The van der Waals surface area contributed by atoms with E-state index in [-0.39, 0.29) is 56.6 Å². The lowest BCUT2D eigenvalue weighted by molar-refractivity contribution is -0.154. The molecule has 108 heavy (non-hydrogen) atoms. The van der Waals surface area contributed by atoms with E-state index in [1.807, 2.05) is 0 Å². The smallest absolute Gasteiger partial charge is 0.308 e. The second-order valence-electron chi connectivity index (χ2n) is 24.3. The Hall–Kier alpha value is -13.2. The number of rotatable bonds is 20. The van der Waals surface area contributed by atoms with Gasteiger partial charge in [0.25, 0.3) is 0 Å². The number of carbonyl (C=O) groups is 15. The molecular weight excluding hydrogens is 1430 g/mol. The minimum Gasteiger partial charge on any atom is -0.481 e. The molecule has 0 unspecified atom stereocenters. The third kappa shape index (κ3) is 18.5. The van der Waals surface area contributed by atoms with Crippen molar-refractivity contribution >= 4 is 89.5 Å². The minimum atomic E-state index is -2.10. The predicted molar refractivity (Wildman–Crippen MR) is 359 cm³/mol. The van der Waals surface area contributed by atoms with Crippen molar-refractivity contribution in [3.05, 3.63) is 123 Å². The average molecular weight is 1500 g/mol. The van der Waals surface area contributed by atoms with Gasteiger partial charge in [0.15, 0.2) is 65.0 Å². The predicted octanol–water partition coefficient (Wildman–Crippen LogP) is 8.79. The first-order chi connectivity index (χ1) is 50.8. The highest BCUT2D eigenvalue weighted by Gasteiger charge is 2.54. The summed E-state index contributed by atoms with van der Waals surface area (Å²) in [5.41, 5.74) is -2.39. The maximum atomic E-state index is 14.7. The van der Waals surface area contributed by atoms with Crippen LogP contribution in [0.1, 0.15) is 179 Å². The summed E-state index contributed by atoms with van der Waals surface area (Å²) in [7, 11) is 0. The normalized spacial score (nSPS) is 17.8. The molecule has 9 rings (SSSR count). The van der Waals surface area contributed by atoms with E-state index in [1.54, 1.807) is 0 Å². The number of benzene rings is 6. The van der Waals surface area contributed by atoms with Crippen molar-refractivity contribution < 1.29 is 157 Å². The number of fused-ring (bicyclic) bond motifs is 3. The summed E-state index contributed by atoms with van der Waals surface area (Å²) in [4.78, 5) is 201. The number of hydrogen-bond acceptors (Lipinski definition) is 33. The van der Waals surface area contributed by atoms with Crippen LogP contribution in [0.3, 0.4) is 0 Å². The fourth-order valence-corrected chi connectivity index (χ4v) is 12.5. The summed E-state index contributed by atoms with van der Waals surface area (Å²) >= 11 is 0. The van der Waals surface area contributed by atoms with Crippen LogP contribution in [0, 0.1) is 0 Å². The molecule has 3 heterocycles. The SMILES string of the molecule is CC(=O)Oc1cc(OC(C)=O)c2c(c1)O[C@H](c1ccc(OC(C)=O)c(OC(C)=O)c1)[C@H](OC(C)=O)[C@H]2c1c(OC(C)=O)cc2c(c1OC(C)=O)[C@H](c1c(OC(C)=O)cc(OC(C)=O)c3c1O[C@H](c1ccc(OC(C)=O)c(OC(C)=O)c1)[C@H](OC(C)=O)C3)[C@@H](OC(C)=O)[C@@H](c1ccc(OC(C)=O)c(OC(C)=O)c1)O2. The summed E-state index contributed by atoms with van der Waals surface area (Å²) in [6.07, 6.45) is -11.6. The zero-order valence-corrected chi connectivity index (χ0v) is 60.3. The van der Waals surface area contributed by atoms with Crippen molar-refractivity contribution in [2.75, 3.05) is 0 Å². The molecule has 33 heteroatoms. The van der Waals surface area contributed by atoms with E-state index in [4.69, 9.17) is 85.3 Å². The van der Waals surface area contributed by atoms with E-state index in [1.165, 1.54) is 42.5 Å². The van der Waals surface area contributed by atoms with Crippen LogP contribution in [0.2, 0.25) is 0 Å². The van der Waals surface area contributed by atoms with Crippen molar-refractivity contribution in [1.29, 1.82) is 0 Å². The summed E-state index contributed by atoms with van der Waals surface area (Å²) in [6, 6.07) is 15.2. The quantitative estimate of drug-likeness (QED) is 0.0391. The van der Waals surface area contributed by atoms with Gasteiger partial charge in [0, 0.05) is 179 Å². The Bertz CT molecular complexity index is 4790. The Kier molecular flexibility index (Phi) is 24.0. The van der Waals surface area contributed by atoms with Gasteiger partial charge in [0.1, 0.15) is 57.8 Å². The van der Waals surface area contributed by atoms with Crippen molar-refractivity contribution in [3.8, 4) is 86.2 Å². The van der Waals surface area contributed by atoms with Gasteiger partial charge < -0.3 is 85.3 Å². The van der Waals surface area contributed by atoms with Crippen molar-refractivity contribution in [1.82, 2.24) is 0 Å². The molecule has 0 spiro atoms. The van der Waals surface area contributed by atoms with Gasteiger partial charge in [0.2, 0.25) is 0 Å². The monoisotopic (exact) mass is 1500 g/mol. The molecule has 3 aliphatic rings. The fraction of sp³-hybridized carbons (Fsp3) is 0.320. The average Bonchev–Trinajstić information content (AvgIpc) is 0.705. The molecule has 0 N–H and O–H groups in total. The first-order valence-corrected chi connectivity index (χ1v) is 32.6. The van der Waals surface area contributed by atoms with Gasteiger partial charge in [-0.3, -0.25) is 71.9 Å². The Morgan fingerprint density at radius 3 is 1.00 bits per heavy atom. The van der Waals surface area contributed by atoms with E-state index in [2.05, 4.69) is 0 Å². The molecule has 8 atom stereocenters. The third-order valence-corrected chi connectivity index (χ3v) is 15.6. The van der Waals surface area contributed by atoms with Crippen LogP contribution < -0.4 is 71.1 Å². The third-order valence-electron chi connectivity index (χ3n) is 15.6. The van der Waals surface area contributed by atoms with Gasteiger partial charge in [0.05, 0.1) is 11.8 Å². The highest BCUT2D eigenvalue weighted by Crippen LogP contribution is 2.64. The van der Waals surface area contributed by atoms with Crippen LogP contribution in [0.4, 0.5) is 0 Å². The van der Waals surface area contributed by atoms with E-state index in [0.717, 1.165) is 140 Å². The molecule has 0 aromatic heterocycles. The Labute approximate surface area is 612 Å². The minimum absolute atomic E-state index is 0.0239. The highest BCUT2D eigenvalue weighted by molar-refractivity contribution is 5.84. The standard InChI is InChI=1S/C75H68O33/c1-30(76)91-48-25-57(99-38(9)84)63-58(26-48)106-70(46-17-20-51(93-32(3)78)55(23-46)97-36(7)82)74(104-43(14)89)67(63)65-60(101-40(11)86)29-61-66(73(65)103-42(13)88)68(75(105-44(15)90)71(107-61)47-18-21-52(94-33(4)79)56(24-47)98-37(8)83)64-59(100-39(10)85)28-53(95-34(5)80)49-27-62(102-41(12)87)69(108-72(49)64)45-16-19-50(92-31(2)77)54(22-45)96-35(6)81/h16-26,28-29,62,67-71,74-75H,27H2,1-15H3/t62-,67-,68+,69-,70-,71-,74-,75-/m1/s1. The fourth-order valence-electron chi connectivity index (χ4n) is 12.5. The lowest BCUT2D eigenvalue weighted by atomic mass is 9.73. The molecule has 0 saturated heterocycles. The second kappa shape index (κ2) is 32.8. The van der Waals surface area contributed by atoms with Crippen LogP contribution >= 0.6 is 0 Å². The highest BCUT2D eigenvalue weighted by atomic mass is 16.6. The summed E-state index contributed by atoms with van der Waals surface area (Å²) in [5.74, 6) is -26.3. The Balaban J connectivity index is 1.55. The Morgan fingerprint density at radius 1 is 0.278 bits per heavy atom. The van der Waals surface area contributed by atoms with Crippen LogP contribution in [0.25, 0.3) is 0 Å². The molecule has 0 radical (unpaired) electrons. The largest absolute Gasteiger partial charge is 0.481 e. The number of ether oxygens (including phenoxy) is 18. The van der Waals surface area contributed by atoms with Gasteiger partial charge >= 0.3 is 89.5 Å². The maximum Gasteiger partial charge on any atom is 0.308 e. The molecule has 0 fully saturated rings. The van der Waals surface area contributed by atoms with Crippen LogP contribution in [-0.4, -0.2) is 108 Å². The zero-order chi connectivity index (χ0) is 79.2. The molecule has 33 nitrogen and oxygen atoms in total. The maximum absolute atomic E-state index is 14.7. The van der Waals surface area contributed by atoms with Gasteiger partial charge in [-0.1, -0.05) is 18.2 Å². The summed E-state index contributed by atoms with van der Waals surface area (Å²) in [6.45, 7) is 15.0. The Morgan fingerprint density at radius 2 is 0.611 bits per heavy atom. The molecule has 0 bridgehead atoms. The number of carbonyl (C=O) groups excluding carboxylic acids is 15. The molecule has 0 amide bonds. The zero-order valence-electron chi connectivity index (χ0n) is 60.3. The van der Waals surface area contributed by atoms with Crippen molar-refractivity contribution in [3.63, 3.8) is 0 Å². The molecule has 0 saturated carbocycles. The van der Waals surface area contributed by atoms with E-state index in [0.29, 0.717) is 0 Å². The second-order valence-corrected chi connectivity index (χ2v) is 24.3. The van der Waals surface area contributed by atoms with Gasteiger partial charge in [-0.05, 0) is 36.4 Å². The first-order valence-electron chi connectivity index (χ1n) is 32.6. The van der Waals surface area contributed by atoms with Crippen LogP contribution in [-0.2, 0) is 92.5 Å². The molecule has 3 aliphatic heterocycles. The summed E-state index contributed by atoms with van der Waals surface area (Å²) in [5, 5.41) is 0. The van der Waals surface area contributed by atoms with Crippen LogP contribution in [0.5, 0.6) is 86.2 Å². The molecule has 6 aromatic carbocycles. The number of esters is 15. The van der Waals surface area contributed by atoms with Gasteiger partial charge in [-0.25, -0.2) is 0 Å². The topological polar surface area (TPSA) is 422 Å². The van der Waals surface area contributed by atoms with E-state index >= 15 is 0 Å². The lowest BCUT2D eigenvalue weighted by Gasteiger charge is -2.44. The first kappa shape index (κ1) is 78.9. The van der Waals surface area contributed by atoms with E-state index < -0.39 is 219 Å².